The Balaban J connectivity index is 1.21. The van der Waals surface area contributed by atoms with Crippen molar-refractivity contribution in [2.75, 3.05) is 9.80 Å². The van der Waals surface area contributed by atoms with E-state index in [0.717, 1.165) is 30.8 Å². The predicted molar refractivity (Wildman–Crippen MR) is 175 cm³/mol. The van der Waals surface area contributed by atoms with Crippen molar-refractivity contribution in [2.45, 2.75) is 25.3 Å². The van der Waals surface area contributed by atoms with Crippen molar-refractivity contribution in [2.24, 2.45) is 7.05 Å². The molecule has 0 spiro atoms. The highest BCUT2D eigenvalue weighted by molar-refractivity contribution is 5.97. The number of fused-ring (bicyclic) bond motifs is 4. The third kappa shape index (κ3) is 3.94. The number of aromatic nitrogens is 2. The number of para-hydroxylation sites is 1. The summed E-state index contributed by atoms with van der Waals surface area (Å²) in [6, 6.07) is 34.9. The molecule has 1 atom stereocenters. The normalized spacial score (nSPS) is 17.4. The van der Waals surface area contributed by atoms with E-state index < -0.39 is 0 Å². The summed E-state index contributed by atoms with van der Waals surface area (Å²) in [5, 5.41) is 2.46. The molecule has 2 aliphatic carbocycles. The highest BCUT2D eigenvalue weighted by Crippen LogP contribution is 2.50. The van der Waals surface area contributed by atoms with Crippen molar-refractivity contribution in [3.8, 4) is 0 Å². The van der Waals surface area contributed by atoms with Crippen LogP contribution in [-0.4, -0.2) is 15.6 Å². The van der Waals surface area contributed by atoms with Crippen LogP contribution in [0.4, 0.5) is 22.9 Å². The largest absolute Gasteiger partial charge is 0.342 e. The van der Waals surface area contributed by atoms with Gasteiger partial charge >= 0.3 is 0 Å². The molecule has 0 saturated carbocycles. The third-order valence-electron chi connectivity index (χ3n) is 8.85. The Morgan fingerprint density at radius 3 is 2.48 bits per heavy atom. The molecule has 0 bridgehead atoms. The van der Waals surface area contributed by atoms with E-state index in [1.165, 1.54) is 50.4 Å². The van der Waals surface area contributed by atoms with Crippen LogP contribution in [0, 0.1) is 0 Å². The lowest BCUT2D eigenvalue weighted by Crippen LogP contribution is -2.27. The molecule has 0 saturated heterocycles. The monoisotopic (exact) mass is 544 g/mol. The highest BCUT2D eigenvalue weighted by atomic mass is 15.2. The first-order chi connectivity index (χ1) is 20.8. The summed E-state index contributed by atoms with van der Waals surface area (Å²) in [5.74, 6) is 0.941. The first-order valence-corrected chi connectivity index (χ1v) is 14.8. The van der Waals surface area contributed by atoms with Crippen molar-refractivity contribution in [1.29, 1.82) is 0 Å². The molecule has 4 heteroatoms. The number of pyridine rings is 1. The van der Waals surface area contributed by atoms with Gasteiger partial charge in [-0.2, -0.15) is 0 Å². The summed E-state index contributed by atoms with van der Waals surface area (Å²) in [4.78, 5) is 9.65. The number of nitrogens with zero attached hydrogens (tertiary/aromatic N) is 4. The van der Waals surface area contributed by atoms with Gasteiger partial charge in [-0.05, 0) is 72.7 Å². The zero-order chi connectivity index (χ0) is 28.0. The second-order valence-corrected chi connectivity index (χ2v) is 11.2. The van der Waals surface area contributed by atoms with Gasteiger partial charge in [-0.25, -0.2) is 4.98 Å². The lowest BCUT2D eigenvalue weighted by atomic mass is 9.97. The smallest absolute Gasteiger partial charge is 0.137 e. The summed E-state index contributed by atoms with van der Waals surface area (Å²) in [6.07, 6.45) is 16.2. The number of rotatable bonds is 5. The van der Waals surface area contributed by atoms with E-state index in [0.29, 0.717) is 6.04 Å². The van der Waals surface area contributed by atoms with E-state index in [1.807, 2.05) is 12.3 Å². The Hall–Kier alpha value is -5.09. The quantitative estimate of drug-likeness (QED) is 0.220. The van der Waals surface area contributed by atoms with Gasteiger partial charge in [-0.1, -0.05) is 85.0 Å². The molecule has 3 heterocycles. The fraction of sp³-hybridized carbons (Fsp3) is 0.132. The van der Waals surface area contributed by atoms with Gasteiger partial charge in [0.2, 0.25) is 0 Å². The van der Waals surface area contributed by atoms with E-state index >= 15 is 0 Å². The molecule has 0 fully saturated rings. The Bertz CT molecular complexity index is 1920. The maximum Gasteiger partial charge on any atom is 0.137 e. The van der Waals surface area contributed by atoms with Gasteiger partial charge in [-0.3, -0.25) is 4.90 Å². The second-order valence-electron chi connectivity index (χ2n) is 11.2. The van der Waals surface area contributed by atoms with Crippen molar-refractivity contribution in [1.82, 2.24) is 9.55 Å². The predicted octanol–water partition coefficient (Wildman–Crippen LogP) is 9.34. The molecule has 2 aromatic heterocycles. The van der Waals surface area contributed by atoms with E-state index in [-0.39, 0.29) is 0 Å². The molecule has 8 rings (SSSR count). The van der Waals surface area contributed by atoms with Gasteiger partial charge in [0.05, 0.1) is 23.1 Å². The Morgan fingerprint density at radius 1 is 0.810 bits per heavy atom. The van der Waals surface area contributed by atoms with Crippen LogP contribution < -0.4 is 9.80 Å². The van der Waals surface area contributed by atoms with Crippen LogP contribution in [0.15, 0.2) is 139 Å². The third-order valence-corrected chi connectivity index (χ3v) is 8.85. The van der Waals surface area contributed by atoms with Crippen LogP contribution in [-0.2, 0) is 7.05 Å². The van der Waals surface area contributed by atoms with Crippen LogP contribution in [0.1, 0.15) is 30.7 Å². The number of benzene rings is 3. The summed E-state index contributed by atoms with van der Waals surface area (Å²) < 4.78 is 2.42. The molecule has 1 unspecified atom stereocenters. The average Bonchev–Trinajstić information content (AvgIpc) is 3.56. The molecule has 3 aliphatic rings. The zero-order valence-electron chi connectivity index (χ0n) is 23.7. The minimum absolute atomic E-state index is 0.349. The molecule has 204 valence electrons. The summed E-state index contributed by atoms with van der Waals surface area (Å²) in [5.41, 5.74) is 10.4. The fourth-order valence-electron chi connectivity index (χ4n) is 6.93. The van der Waals surface area contributed by atoms with E-state index in [9.17, 15) is 0 Å². The number of allylic oxidation sites excluding steroid dienone is 6. The molecular weight excluding hydrogens is 512 g/mol. The summed E-state index contributed by atoms with van der Waals surface area (Å²) in [7, 11) is 2.23. The van der Waals surface area contributed by atoms with Gasteiger partial charge < -0.3 is 9.47 Å². The standard InChI is InChI=1S/C38H32N4/c1-40-35(26-36-38(40)32-17-7-8-18-34(32)41(36)29-14-3-2-4-15-29)28-21-23-30(24-22-28)42(37-20-9-10-25-39-37)33-19-11-13-27-12-5-6-16-31(27)33/h2-17,19-21,23,25-26,34H,18,22,24H2,1H3. The number of hydrogen-bond donors (Lipinski definition) is 0. The molecule has 0 radical (unpaired) electrons. The number of hydrogen-bond acceptors (Lipinski definition) is 3. The summed E-state index contributed by atoms with van der Waals surface area (Å²) >= 11 is 0. The van der Waals surface area contributed by atoms with E-state index in [1.54, 1.807) is 0 Å². The van der Waals surface area contributed by atoms with Crippen LogP contribution in [0.5, 0.6) is 0 Å². The first-order valence-electron chi connectivity index (χ1n) is 14.8. The molecule has 5 aromatic rings. The van der Waals surface area contributed by atoms with Crippen LogP contribution in [0.2, 0.25) is 0 Å². The maximum atomic E-state index is 4.78. The fourth-order valence-corrected chi connectivity index (χ4v) is 6.93. The first kappa shape index (κ1) is 24.7. The SMILES string of the molecule is Cn1c(C2=CC=C(N(c3ccccn3)c3cccc4ccccc34)CC2)cc2c1C1=CC=CCC1N2c1ccccc1. The lowest BCUT2D eigenvalue weighted by molar-refractivity contribution is 0.815. The van der Waals surface area contributed by atoms with E-state index in [2.05, 4.69) is 143 Å². The van der Waals surface area contributed by atoms with Gasteiger partial charge in [0.15, 0.2) is 0 Å². The lowest BCUT2D eigenvalue weighted by Gasteiger charge is -2.30. The highest BCUT2D eigenvalue weighted by Gasteiger charge is 2.38. The molecule has 3 aromatic carbocycles. The molecule has 0 amide bonds. The van der Waals surface area contributed by atoms with Crippen molar-refractivity contribution in [3.63, 3.8) is 0 Å². The molecule has 1 aliphatic heterocycles. The van der Waals surface area contributed by atoms with Gasteiger partial charge in [-0.15, -0.1) is 0 Å². The maximum absolute atomic E-state index is 4.78. The molecule has 0 N–H and O–H groups in total. The van der Waals surface area contributed by atoms with Crippen molar-refractivity contribution >= 4 is 44.8 Å². The van der Waals surface area contributed by atoms with Gasteiger partial charge in [0.1, 0.15) is 5.82 Å². The van der Waals surface area contributed by atoms with Gasteiger partial charge in [0, 0.05) is 41.3 Å². The molecular formula is C38H32N4. The topological polar surface area (TPSA) is 24.3 Å². The Kier molecular flexibility index (Phi) is 5.92. The second kappa shape index (κ2) is 10.1. The average molecular weight is 545 g/mol. The van der Waals surface area contributed by atoms with E-state index in [4.69, 9.17) is 4.98 Å². The zero-order valence-corrected chi connectivity index (χ0v) is 23.7. The minimum atomic E-state index is 0.349. The van der Waals surface area contributed by atoms with Crippen molar-refractivity contribution < 1.29 is 0 Å². The molecule has 4 nitrogen and oxygen atoms in total. The van der Waals surface area contributed by atoms with Gasteiger partial charge in [0.25, 0.3) is 0 Å². The molecule has 42 heavy (non-hydrogen) atoms. The van der Waals surface area contributed by atoms with Crippen molar-refractivity contribution in [3.05, 3.63) is 151 Å². The Morgan fingerprint density at radius 2 is 1.64 bits per heavy atom. The summed E-state index contributed by atoms with van der Waals surface area (Å²) in [6.45, 7) is 0. The minimum Gasteiger partial charge on any atom is -0.342 e. The van der Waals surface area contributed by atoms with Crippen LogP contribution >= 0.6 is 0 Å². The van der Waals surface area contributed by atoms with Crippen LogP contribution in [0.3, 0.4) is 0 Å². The Labute approximate surface area is 246 Å². The van der Waals surface area contributed by atoms with Crippen LogP contribution in [0.25, 0.3) is 21.9 Å². The number of anilines is 4.